The predicted octanol–water partition coefficient (Wildman–Crippen LogP) is 1.28. The molecular formula is C11H22N4. The van der Waals surface area contributed by atoms with Crippen LogP contribution in [0.2, 0.25) is 0 Å². The van der Waals surface area contributed by atoms with Gasteiger partial charge in [0.25, 0.3) is 0 Å². The van der Waals surface area contributed by atoms with E-state index in [4.69, 9.17) is 0 Å². The lowest BCUT2D eigenvalue weighted by molar-refractivity contribution is 0.418. The van der Waals surface area contributed by atoms with E-state index in [1.54, 1.807) is 6.33 Å². The number of imidazole rings is 1. The topological polar surface area (TPSA) is 52.7 Å². The summed E-state index contributed by atoms with van der Waals surface area (Å²) in [7, 11) is 0. The van der Waals surface area contributed by atoms with Crippen molar-refractivity contribution in [2.24, 2.45) is 0 Å². The first-order valence-corrected chi connectivity index (χ1v) is 5.51. The molecule has 1 heterocycles. The molecule has 0 amide bonds. The van der Waals surface area contributed by atoms with Gasteiger partial charge in [-0.3, -0.25) is 0 Å². The van der Waals surface area contributed by atoms with E-state index < -0.39 is 0 Å². The van der Waals surface area contributed by atoms with Gasteiger partial charge in [0.1, 0.15) is 0 Å². The number of H-pyrrole nitrogens is 1. The number of rotatable bonds is 6. The van der Waals surface area contributed by atoms with Gasteiger partial charge in [-0.25, -0.2) is 4.98 Å². The van der Waals surface area contributed by atoms with Crippen molar-refractivity contribution in [1.29, 1.82) is 0 Å². The Morgan fingerprint density at radius 2 is 2.13 bits per heavy atom. The van der Waals surface area contributed by atoms with E-state index in [1.165, 1.54) is 0 Å². The summed E-state index contributed by atoms with van der Waals surface area (Å²) in [5.41, 5.74) is 1.36. The van der Waals surface area contributed by atoms with Gasteiger partial charge >= 0.3 is 0 Å². The molecule has 4 heteroatoms. The molecule has 0 saturated carbocycles. The highest BCUT2D eigenvalue weighted by atomic mass is 15.0. The van der Waals surface area contributed by atoms with Crippen LogP contribution in [-0.2, 0) is 6.54 Å². The van der Waals surface area contributed by atoms with E-state index in [-0.39, 0.29) is 5.54 Å². The molecule has 15 heavy (non-hydrogen) atoms. The van der Waals surface area contributed by atoms with E-state index in [9.17, 15) is 0 Å². The lowest BCUT2D eigenvalue weighted by Gasteiger charge is -2.20. The fourth-order valence-corrected chi connectivity index (χ4v) is 1.28. The van der Waals surface area contributed by atoms with Gasteiger partial charge in [-0.1, -0.05) is 0 Å². The third kappa shape index (κ3) is 6.25. The number of hydrogen-bond acceptors (Lipinski definition) is 3. The van der Waals surface area contributed by atoms with Crippen molar-refractivity contribution in [2.45, 2.75) is 39.3 Å². The SMILES string of the molecule is CC(C)(C)NCCCNCc1cnc[nH]1. The number of nitrogens with zero attached hydrogens (tertiary/aromatic N) is 1. The first-order valence-electron chi connectivity index (χ1n) is 5.51. The second-order valence-corrected chi connectivity index (χ2v) is 4.78. The highest BCUT2D eigenvalue weighted by Crippen LogP contribution is 1.97. The lowest BCUT2D eigenvalue weighted by Crippen LogP contribution is -2.37. The minimum absolute atomic E-state index is 0.226. The Balaban J connectivity index is 1.94. The molecule has 4 nitrogen and oxygen atoms in total. The van der Waals surface area contributed by atoms with Crippen LogP contribution in [0.25, 0.3) is 0 Å². The Labute approximate surface area is 91.9 Å². The lowest BCUT2D eigenvalue weighted by atomic mass is 10.1. The number of nitrogens with one attached hydrogen (secondary N) is 3. The number of hydrogen-bond donors (Lipinski definition) is 3. The average molecular weight is 210 g/mol. The van der Waals surface area contributed by atoms with Crippen molar-refractivity contribution in [3.63, 3.8) is 0 Å². The summed E-state index contributed by atoms with van der Waals surface area (Å²) in [4.78, 5) is 7.02. The predicted molar refractivity (Wildman–Crippen MR) is 62.7 cm³/mol. The van der Waals surface area contributed by atoms with Crippen molar-refractivity contribution in [3.8, 4) is 0 Å². The second-order valence-electron chi connectivity index (χ2n) is 4.78. The van der Waals surface area contributed by atoms with E-state index >= 15 is 0 Å². The van der Waals surface area contributed by atoms with Crippen LogP contribution in [-0.4, -0.2) is 28.6 Å². The molecule has 0 aromatic carbocycles. The molecule has 0 radical (unpaired) electrons. The Morgan fingerprint density at radius 3 is 2.73 bits per heavy atom. The third-order valence-electron chi connectivity index (χ3n) is 2.06. The van der Waals surface area contributed by atoms with Crippen molar-refractivity contribution >= 4 is 0 Å². The molecule has 86 valence electrons. The van der Waals surface area contributed by atoms with Crippen LogP contribution in [0.15, 0.2) is 12.5 Å². The largest absolute Gasteiger partial charge is 0.347 e. The summed E-state index contributed by atoms with van der Waals surface area (Å²) in [5.74, 6) is 0. The fourth-order valence-electron chi connectivity index (χ4n) is 1.28. The van der Waals surface area contributed by atoms with Crippen LogP contribution < -0.4 is 10.6 Å². The highest BCUT2D eigenvalue weighted by Gasteiger charge is 2.06. The van der Waals surface area contributed by atoms with Gasteiger partial charge in [-0.15, -0.1) is 0 Å². The standard InChI is InChI=1S/C11H22N4/c1-11(2,3)15-6-4-5-12-7-10-8-13-9-14-10/h8-9,12,15H,4-7H2,1-3H3,(H,13,14). The fraction of sp³-hybridized carbons (Fsp3) is 0.727. The zero-order chi connectivity index (χ0) is 11.1. The van der Waals surface area contributed by atoms with Crippen LogP contribution >= 0.6 is 0 Å². The molecule has 0 aliphatic heterocycles. The first-order chi connectivity index (χ1) is 7.08. The third-order valence-corrected chi connectivity index (χ3v) is 2.06. The Morgan fingerprint density at radius 1 is 1.33 bits per heavy atom. The van der Waals surface area contributed by atoms with Crippen molar-refractivity contribution in [3.05, 3.63) is 18.2 Å². The summed E-state index contributed by atoms with van der Waals surface area (Å²) in [6, 6.07) is 0. The molecule has 1 aromatic heterocycles. The maximum atomic E-state index is 3.96. The van der Waals surface area contributed by atoms with Crippen molar-refractivity contribution < 1.29 is 0 Å². The minimum Gasteiger partial charge on any atom is -0.347 e. The van der Waals surface area contributed by atoms with E-state index in [2.05, 4.69) is 41.4 Å². The van der Waals surface area contributed by atoms with Gasteiger partial charge in [-0.2, -0.15) is 0 Å². The van der Waals surface area contributed by atoms with Crippen molar-refractivity contribution in [2.75, 3.05) is 13.1 Å². The maximum Gasteiger partial charge on any atom is 0.0922 e. The molecule has 0 aliphatic carbocycles. The molecule has 0 saturated heterocycles. The van der Waals surface area contributed by atoms with E-state index in [0.717, 1.165) is 31.7 Å². The zero-order valence-electron chi connectivity index (χ0n) is 9.93. The summed E-state index contributed by atoms with van der Waals surface area (Å²) >= 11 is 0. The van der Waals surface area contributed by atoms with Crippen LogP contribution in [0.4, 0.5) is 0 Å². The molecule has 0 unspecified atom stereocenters. The quantitative estimate of drug-likeness (QED) is 0.620. The van der Waals surface area contributed by atoms with E-state index in [1.807, 2.05) is 6.20 Å². The van der Waals surface area contributed by atoms with Gasteiger partial charge in [0.05, 0.1) is 6.33 Å². The van der Waals surface area contributed by atoms with Crippen LogP contribution in [0.5, 0.6) is 0 Å². The molecule has 0 spiro atoms. The Bertz CT molecular complexity index is 248. The minimum atomic E-state index is 0.226. The van der Waals surface area contributed by atoms with Crippen LogP contribution in [0.3, 0.4) is 0 Å². The van der Waals surface area contributed by atoms with E-state index in [0.29, 0.717) is 0 Å². The van der Waals surface area contributed by atoms with Crippen molar-refractivity contribution in [1.82, 2.24) is 20.6 Å². The zero-order valence-corrected chi connectivity index (χ0v) is 9.93. The summed E-state index contributed by atoms with van der Waals surface area (Å²) in [6.07, 6.45) is 4.70. The molecule has 3 N–H and O–H groups in total. The van der Waals surface area contributed by atoms with Gasteiger partial charge in [0, 0.05) is 24.0 Å². The molecule has 1 aromatic rings. The highest BCUT2D eigenvalue weighted by molar-refractivity contribution is 4.92. The van der Waals surface area contributed by atoms with Crippen LogP contribution in [0, 0.1) is 0 Å². The van der Waals surface area contributed by atoms with Gasteiger partial charge < -0.3 is 15.6 Å². The monoisotopic (exact) mass is 210 g/mol. The molecule has 1 rings (SSSR count). The molecule has 0 atom stereocenters. The Kier molecular flexibility index (Phi) is 4.78. The van der Waals surface area contributed by atoms with Crippen LogP contribution in [0.1, 0.15) is 32.9 Å². The second kappa shape index (κ2) is 5.88. The molecular weight excluding hydrogens is 188 g/mol. The number of aromatic nitrogens is 2. The first kappa shape index (κ1) is 12.2. The van der Waals surface area contributed by atoms with Gasteiger partial charge in [0.15, 0.2) is 0 Å². The normalized spacial score (nSPS) is 11.9. The number of aromatic amines is 1. The van der Waals surface area contributed by atoms with Gasteiger partial charge in [0.2, 0.25) is 0 Å². The smallest absolute Gasteiger partial charge is 0.0922 e. The maximum absolute atomic E-state index is 3.96. The summed E-state index contributed by atoms with van der Waals surface area (Å²) < 4.78 is 0. The average Bonchev–Trinajstić information content (AvgIpc) is 2.61. The Hall–Kier alpha value is -0.870. The summed E-state index contributed by atoms with van der Waals surface area (Å²) in [5, 5.41) is 6.82. The molecule has 0 aliphatic rings. The molecule has 0 bridgehead atoms. The van der Waals surface area contributed by atoms with Gasteiger partial charge in [-0.05, 0) is 40.3 Å². The summed E-state index contributed by atoms with van der Waals surface area (Å²) in [6.45, 7) is 9.51. The molecule has 0 fully saturated rings.